The molecular formula is C81H134O17P2. The van der Waals surface area contributed by atoms with Crippen LogP contribution in [0.5, 0.6) is 0 Å². The standard InChI is InChI=1S/C81H134O17P2/c1-5-9-13-17-21-25-29-32-35-37-40-42-46-49-53-57-61-65-78(83)91-71-76(97-80(85)67-63-59-55-51-45-28-24-20-16-12-8-4)73-95-99(87,88)93-69-75(82)70-94-100(89,90)96-74-77(98-81(86)68-64-60-56-52-48-44-39-34-31-27-23-19-15-11-7-3)72-92-79(84)66-62-58-54-50-47-43-41-38-36-33-30-26-22-18-14-10-6-2/h9-11,13-15,21-23,25-27,32-36,39-43,50,54,75-77,82H,5-8,12,16-20,24,28-31,37-38,44-49,51-53,55-74H2,1-4H3,(H,87,88)(H,89,90)/b13-9-,14-10-,15-11-,25-21-,26-22-,27-23-,35-32-,36-33-,39-34-,42-40-,43-41-,54-50-. The number of carbonyl (C=O) groups excluding carboxylic acids is 4. The molecule has 5 unspecified atom stereocenters. The largest absolute Gasteiger partial charge is 0.472 e. The van der Waals surface area contributed by atoms with Crippen LogP contribution in [-0.2, 0) is 65.4 Å². The number of allylic oxidation sites excluding steroid dienone is 24. The Labute approximate surface area is 605 Å². The van der Waals surface area contributed by atoms with Gasteiger partial charge in [0, 0.05) is 25.7 Å². The Balaban J connectivity index is 5.42. The minimum Gasteiger partial charge on any atom is -0.462 e. The predicted molar refractivity (Wildman–Crippen MR) is 408 cm³/mol. The summed E-state index contributed by atoms with van der Waals surface area (Å²) in [7, 11) is -9.98. The molecule has 0 saturated heterocycles. The van der Waals surface area contributed by atoms with Crippen LogP contribution in [0.4, 0.5) is 0 Å². The second-order valence-corrected chi connectivity index (χ2v) is 27.7. The fourth-order valence-electron chi connectivity index (χ4n) is 9.61. The van der Waals surface area contributed by atoms with Gasteiger partial charge >= 0.3 is 39.5 Å². The van der Waals surface area contributed by atoms with E-state index in [-0.39, 0.29) is 25.7 Å². The summed E-state index contributed by atoms with van der Waals surface area (Å²) in [6, 6.07) is 0. The highest BCUT2D eigenvalue weighted by molar-refractivity contribution is 7.47. The third kappa shape index (κ3) is 71.3. The molecular weight excluding hydrogens is 1310 g/mol. The van der Waals surface area contributed by atoms with Crippen LogP contribution in [-0.4, -0.2) is 96.7 Å². The molecule has 0 spiro atoms. The van der Waals surface area contributed by atoms with E-state index < -0.39 is 97.5 Å². The summed E-state index contributed by atoms with van der Waals surface area (Å²) in [6.45, 7) is 4.40. The van der Waals surface area contributed by atoms with Crippen molar-refractivity contribution in [3.63, 3.8) is 0 Å². The maximum Gasteiger partial charge on any atom is 0.472 e. The normalized spacial score (nSPS) is 14.8. The van der Waals surface area contributed by atoms with Crippen LogP contribution in [0.1, 0.15) is 285 Å². The fourth-order valence-corrected chi connectivity index (χ4v) is 11.2. The van der Waals surface area contributed by atoms with Crippen LogP contribution < -0.4 is 0 Å². The first-order chi connectivity index (χ1) is 48.7. The number of aliphatic hydroxyl groups is 1. The van der Waals surface area contributed by atoms with Gasteiger partial charge in [-0.1, -0.05) is 270 Å². The van der Waals surface area contributed by atoms with Gasteiger partial charge in [-0.3, -0.25) is 37.3 Å². The fraction of sp³-hybridized carbons (Fsp3) is 0.654. The van der Waals surface area contributed by atoms with Gasteiger partial charge in [0.25, 0.3) is 0 Å². The lowest BCUT2D eigenvalue weighted by Gasteiger charge is -2.21. The van der Waals surface area contributed by atoms with Crippen LogP contribution in [0.2, 0.25) is 0 Å². The first-order valence-electron chi connectivity index (χ1n) is 38.1. The number of esters is 4. The number of hydrogen-bond donors (Lipinski definition) is 3. The molecule has 0 amide bonds. The predicted octanol–water partition coefficient (Wildman–Crippen LogP) is 21.9. The van der Waals surface area contributed by atoms with Gasteiger partial charge in [-0.25, -0.2) is 9.13 Å². The number of hydrogen-bond acceptors (Lipinski definition) is 15. The zero-order valence-corrected chi connectivity index (χ0v) is 63.9. The molecule has 0 bridgehead atoms. The quantitative estimate of drug-likeness (QED) is 0.0169. The minimum atomic E-state index is -5.00. The van der Waals surface area contributed by atoms with Crippen LogP contribution >= 0.6 is 15.6 Å². The van der Waals surface area contributed by atoms with Crippen molar-refractivity contribution in [3.05, 3.63) is 146 Å². The third-order valence-electron chi connectivity index (χ3n) is 15.3. The molecule has 0 fully saturated rings. The number of phosphoric ester groups is 2. The summed E-state index contributed by atoms with van der Waals surface area (Å²) >= 11 is 0. The van der Waals surface area contributed by atoms with Gasteiger partial charge in [0.05, 0.1) is 26.4 Å². The highest BCUT2D eigenvalue weighted by Crippen LogP contribution is 2.45. The number of phosphoric acid groups is 2. The summed E-state index contributed by atoms with van der Waals surface area (Å²) < 4.78 is 68.4. The first kappa shape index (κ1) is 94.9. The van der Waals surface area contributed by atoms with Crippen molar-refractivity contribution in [3.8, 4) is 0 Å². The second-order valence-electron chi connectivity index (χ2n) is 24.8. The number of carbonyl (C=O) groups is 4. The van der Waals surface area contributed by atoms with E-state index >= 15 is 0 Å². The average Bonchev–Trinajstić information content (AvgIpc) is 1.02. The van der Waals surface area contributed by atoms with Crippen molar-refractivity contribution >= 4 is 39.5 Å². The minimum absolute atomic E-state index is 0.0588. The molecule has 17 nitrogen and oxygen atoms in total. The van der Waals surface area contributed by atoms with Crippen molar-refractivity contribution in [2.75, 3.05) is 39.6 Å². The lowest BCUT2D eigenvalue weighted by molar-refractivity contribution is -0.161. The van der Waals surface area contributed by atoms with Gasteiger partial charge in [-0.2, -0.15) is 0 Å². The maximum absolute atomic E-state index is 13.1. The number of rotatable bonds is 70. The van der Waals surface area contributed by atoms with Gasteiger partial charge in [0.2, 0.25) is 0 Å². The van der Waals surface area contributed by atoms with Crippen LogP contribution in [0, 0.1) is 0 Å². The zero-order valence-electron chi connectivity index (χ0n) is 62.1. The Bertz CT molecular complexity index is 2470. The van der Waals surface area contributed by atoms with Crippen molar-refractivity contribution in [2.45, 2.75) is 303 Å². The highest BCUT2D eigenvalue weighted by Gasteiger charge is 2.30. The SMILES string of the molecule is CC/C=C\C/C=C\C/C=C\C/C=C\C/C=C\CCCC(=O)OCC(COP(=O)(O)OCC(O)COP(=O)(O)OCC(COC(=O)CCCCCC/C=C\C/C=C\C/C=C\C/C=C\CC)OC(=O)CCCCCCCCCCCCC)OC(=O)CCCCCCC/C=C\C/C=C\C/C=C\CC. The molecule has 5 atom stereocenters. The molecule has 3 N–H and O–H groups in total. The Kier molecular flexibility index (Phi) is 68.6. The van der Waals surface area contributed by atoms with Gasteiger partial charge in [-0.05, 0) is 135 Å². The highest BCUT2D eigenvalue weighted by atomic mass is 31.2. The molecule has 0 aromatic rings. The molecule has 0 saturated carbocycles. The Morgan fingerprint density at radius 2 is 0.530 bits per heavy atom. The summed E-state index contributed by atoms with van der Waals surface area (Å²) in [5, 5.41) is 10.6. The Morgan fingerprint density at radius 1 is 0.290 bits per heavy atom. The van der Waals surface area contributed by atoms with Crippen LogP contribution in [0.15, 0.2) is 146 Å². The molecule has 0 aromatic carbocycles. The van der Waals surface area contributed by atoms with Crippen LogP contribution in [0.3, 0.4) is 0 Å². The smallest absolute Gasteiger partial charge is 0.462 e. The third-order valence-corrected chi connectivity index (χ3v) is 17.2. The summed E-state index contributed by atoms with van der Waals surface area (Å²) in [5.41, 5.74) is 0. The summed E-state index contributed by atoms with van der Waals surface area (Å²) in [5.74, 6) is -2.29. The van der Waals surface area contributed by atoms with Gasteiger partial charge in [0.1, 0.15) is 19.3 Å². The van der Waals surface area contributed by atoms with Gasteiger partial charge in [0.15, 0.2) is 12.2 Å². The molecule has 0 aromatic heterocycles. The average molecular weight is 1440 g/mol. The Morgan fingerprint density at radius 3 is 0.840 bits per heavy atom. The van der Waals surface area contributed by atoms with E-state index in [0.717, 1.165) is 161 Å². The van der Waals surface area contributed by atoms with E-state index in [4.69, 9.17) is 37.0 Å². The Hall–Kier alpha value is -5.06. The van der Waals surface area contributed by atoms with Crippen LogP contribution in [0.25, 0.3) is 0 Å². The summed E-state index contributed by atoms with van der Waals surface area (Å²) in [6.07, 6.45) is 81.3. The lowest BCUT2D eigenvalue weighted by Crippen LogP contribution is -2.30. The number of aliphatic hydroxyl groups excluding tert-OH is 1. The van der Waals surface area contributed by atoms with Crippen molar-refractivity contribution < 1.29 is 80.2 Å². The molecule has 19 heteroatoms. The molecule has 0 aliphatic heterocycles. The molecule has 0 rings (SSSR count). The van der Waals surface area contributed by atoms with Gasteiger partial charge in [-0.15, -0.1) is 0 Å². The monoisotopic (exact) mass is 1440 g/mol. The molecule has 0 heterocycles. The maximum atomic E-state index is 13.1. The first-order valence-corrected chi connectivity index (χ1v) is 41.1. The van der Waals surface area contributed by atoms with E-state index in [2.05, 4.69) is 161 Å². The number of ether oxygens (including phenoxy) is 4. The molecule has 570 valence electrons. The van der Waals surface area contributed by atoms with Crippen molar-refractivity contribution in [1.29, 1.82) is 0 Å². The van der Waals surface area contributed by atoms with E-state index in [0.29, 0.717) is 32.1 Å². The zero-order chi connectivity index (χ0) is 73.2. The van der Waals surface area contributed by atoms with E-state index in [1.54, 1.807) is 0 Å². The van der Waals surface area contributed by atoms with Crippen molar-refractivity contribution in [1.82, 2.24) is 0 Å². The molecule has 100 heavy (non-hydrogen) atoms. The van der Waals surface area contributed by atoms with E-state index in [1.807, 2.05) is 12.2 Å². The second kappa shape index (κ2) is 72.3. The van der Waals surface area contributed by atoms with E-state index in [9.17, 15) is 43.2 Å². The molecule has 0 aliphatic carbocycles. The lowest BCUT2D eigenvalue weighted by atomic mass is 10.1. The topological polar surface area (TPSA) is 237 Å². The molecule has 0 radical (unpaired) electrons. The number of unbranched alkanes of at least 4 members (excludes halogenated alkanes) is 20. The van der Waals surface area contributed by atoms with Gasteiger partial charge < -0.3 is 33.8 Å². The van der Waals surface area contributed by atoms with E-state index in [1.165, 1.54) is 38.5 Å². The van der Waals surface area contributed by atoms with Crippen molar-refractivity contribution in [2.24, 2.45) is 0 Å². The summed E-state index contributed by atoms with van der Waals surface area (Å²) in [4.78, 5) is 72.8. The molecule has 0 aliphatic rings.